The van der Waals surface area contributed by atoms with Crippen LogP contribution < -0.4 is 20.7 Å². The lowest BCUT2D eigenvalue weighted by Gasteiger charge is -2.36. The van der Waals surface area contributed by atoms with Gasteiger partial charge in [-0.3, -0.25) is 9.59 Å². The van der Waals surface area contributed by atoms with E-state index in [1.165, 1.54) is 22.0 Å². The van der Waals surface area contributed by atoms with Crippen LogP contribution in [0.2, 0.25) is 0 Å². The Morgan fingerprint density at radius 2 is 1.61 bits per heavy atom. The molecule has 0 atom stereocenters. The maximum absolute atomic E-state index is 12.5. The first-order chi connectivity index (χ1) is 17.5. The van der Waals surface area contributed by atoms with Gasteiger partial charge in [-0.15, -0.1) is 0 Å². The lowest BCUT2D eigenvalue weighted by Crippen LogP contribution is -2.47. The number of aryl methyl sites for hydroxylation is 1. The van der Waals surface area contributed by atoms with E-state index in [0.29, 0.717) is 12.3 Å². The molecule has 8 nitrogen and oxygen atoms in total. The molecule has 3 heterocycles. The van der Waals surface area contributed by atoms with Gasteiger partial charge in [0.2, 0.25) is 0 Å². The standard InChI is InChI=1S/C28H29N5O3/c1-21-7-9-22(10-8-21)19-29-28(35)25-12-11-24(36-25)20-33-27(34)14-13-26(30-33)32-17-15-31(16-18-32)23-5-3-2-4-6-23/h2-14H,15-20H2,1H3,(H,29,35). The average Bonchev–Trinajstić information content (AvgIpc) is 3.39. The summed E-state index contributed by atoms with van der Waals surface area (Å²) in [5.41, 5.74) is 3.18. The van der Waals surface area contributed by atoms with Crippen molar-refractivity contribution in [3.05, 3.63) is 112 Å². The van der Waals surface area contributed by atoms with Crippen molar-refractivity contribution in [2.24, 2.45) is 0 Å². The first kappa shape index (κ1) is 23.4. The molecule has 184 valence electrons. The molecule has 2 aromatic carbocycles. The number of amides is 1. The number of nitrogens with one attached hydrogen (secondary N) is 1. The van der Waals surface area contributed by atoms with Crippen LogP contribution in [0.3, 0.4) is 0 Å². The van der Waals surface area contributed by atoms with Crippen molar-refractivity contribution in [3.63, 3.8) is 0 Å². The zero-order valence-electron chi connectivity index (χ0n) is 20.3. The zero-order chi connectivity index (χ0) is 24.9. The molecule has 2 aromatic heterocycles. The number of rotatable bonds is 7. The topological polar surface area (TPSA) is 83.6 Å². The Morgan fingerprint density at radius 3 is 2.36 bits per heavy atom. The van der Waals surface area contributed by atoms with Gasteiger partial charge in [0, 0.05) is 44.5 Å². The molecule has 5 rings (SSSR count). The lowest BCUT2D eigenvalue weighted by atomic mass is 10.1. The molecular formula is C28H29N5O3. The molecule has 1 N–H and O–H groups in total. The normalized spacial score (nSPS) is 13.6. The van der Waals surface area contributed by atoms with Crippen LogP contribution in [0.4, 0.5) is 11.5 Å². The highest BCUT2D eigenvalue weighted by Gasteiger charge is 2.19. The fraction of sp³-hybridized carbons (Fsp3) is 0.250. The van der Waals surface area contributed by atoms with E-state index >= 15 is 0 Å². The van der Waals surface area contributed by atoms with Crippen molar-refractivity contribution in [2.75, 3.05) is 36.0 Å². The average molecular weight is 484 g/mol. The van der Waals surface area contributed by atoms with Crippen LogP contribution >= 0.6 is 0 Å². The van der Waals surface area contributed by atoms with E-state index in [0.717, 1.165) is 37.6 Å². The minimum Gasteiger partial charge on any atom is -0.454 e. The summed E-state index contributed by atoms with van der Waals surface area (Å²) in [6.45, 7) is 5.97. The van der Waals surface area contributed by atoms with E-state index in [9.17, 15) is 9.59 Å². The van der Waals surface area contributed by atoms with Crippen LogP contribution in [0.25, 0.3) is 0 Å². The third-order valence-corrected chi connectivity index (χ3v) is 6.34. The summed E-state index contributed by atoms with van der Waals surface area (Å²) in [4.78, 5) is 29.5. The number of aromatic nitrogens is 2. The number of benzene rings is 2. The number of anilines is 2. The molecule has 8 heteroatoms. The molecule has 0 unspecified atom stereocenters. The Labute approximate surface area is 209 Å². The van der Waals surface area contributed by atoms with Gasteiger partial charge in [0.15, 0.2) is 5.76 Å². The van der Waals surface area contributed by atoms with Crippen molar-refractivity contribution in [2.45, 2.75) is 20.0 Å². The third kappa shape index (κ3) is 5.49. The number of furan rings is 1. The lowest BCUT2D eigenvalue weighted by molar-refractivity contribution is 0.0921. The maximum atomic E-state index is 12.5. The molecule has 0 spiro atoms. The quantitative estimate of drug-likeness (QED) is 0.434. The van der Waals surface area contributed by atoms with E-state index < -0.39 is 0 Å². The molecule has 1 aliphatic heterocycles. The van der Waals surface area contributed by atoms with Crippen molar-refractivity contribution in [1.82, 2.24) is 15.1 Å². The van der Waals surface area contributed by atoms with Gasteiger partial charge in [-0.05, 0) is 42.8 Å². The van der Waals surface area contributed by atoms with Gasteiger partial charge in [0.1, 0.15) is 18.1 Å². The molecule has 0 saturated carbocycles. The Kier molecular flexibility index (Phi) is 6.84. The Hall–Kier alpha value is -4.33. The molecule has 0 bridgehead atoms. The minimum absolute atomic E-state index is 0.155. The number of hydrogen-bond donors (Lipinski definition) is 1. The van der Waals surface area contributed by atoms with Gasteiger partial charge >= 0.3 is 0 Å². The van der Waals surface area contributed by atoms with E-state index in [4.69, 9.17) is 4.42 Å². The van der Waals surface area contributed by atoms with Gasteiger partial charge in [-0.25, -0.2) is 4.68 Å². The van der Waals surface area contributed by atoms with Crippen LogP contribution in [-0.4, -0.2) is 41.9 Å². The Morgan fingerprint density at radius 1 is 0.889 bits per heavy atom. The second-order valence-corrected chi connectivity index (χ2v) is 8.93. The molecular weight excluding hydrogens is 454 g/mol. The monoisotopic (exact) mass is 483 g/mol. The van der Waals surface area contributed by atoms with Crippen molar-refractivity contribution >= 4 is 17.4 Å². The number of carbonyl (C=O) groups excluding carboxylic acids is 1. The minimum atomic E-state index is -0.299. The predicted octanol–water partition coefficient (Wildman–Crippen LogP) is 3.45. The molecule has 4 aromatic rings. The van der Waals surface area contributed by atoms with Crippen LogP contribution in [0.5, 0.6) is 0 Å². The largest absolute Gasteiger partial charge is 0.454 e. The smallest absolute Gasteiger partial charge is 0.287 e. The molecule has 1 amide bonds. The van der Waals surface area contributed by atoms with Gasteiger partial charge in [-0.2, -0.15) is 5.10 Å². The van der Waals surface area contributed by atoms with Gasteiger partial charge in [0.25, 0.3) is 11.5 Å². The summed E-state index contributed by atoms with van der Waals surface area (Å²) < 4.78 is 7.11. The summed E-state index contributed by atoms with van der Waals surface area (Å²) in [5.74, 6) is 1.16. The summed E-state index contributed by atoms with van der Waals surface area (Å²) >= 11 is 0. The van der Waals surface area contributed by atoms with Crippen LogP contribution in [0.1, 0.15) is 27.4 Å². The van der Waals surface area contributed by atoms with E-state index in [1.807, 2.05) is 49.4 Å². The first-order valence-corrected chi connectivity index (χ1v) is 12.1. The van der Waals surface area contributed by atoms with Gasteiger partial charge in [-0.1, -0.05) is 48.0 Å². The highest BCUT2D eigenvalue weighted by molar-refractivity contribution is 5.91. The summed E-state index contributed by atoms with van der Waals surface area (Å²) in [6, 6.07) is 25.0. The molecule has 1 fully saturated rings. The number of carbonyl (C=O) groups is 1. The van der Waals surface area contributed by atoms with Gasteiger partial charge < -0.3 is 19.5 Å². The Balaban J connectivity index is 1.20. The van der Waals surface area contributed by atoms with E-state index in [-0.39, 0.29) is 23.8 Å². The number of piperazine rings is 1. The highest BCUT2D eigenvalue weighted by atomic mass is 16.4. The second-order valence-electron chi connectivity index (χ2n) is 8.93. The van der Waals surface area contributed by atoms with E-state index in [2.05, 4.69) is 32.3 Å². The predicted molar refractivity (Wildman–Crippen MR) is 140 cm³/mol. The Bertz CT molecular complexity index is 1370. The molecule has 1 saturated heterocycles. The fourth-order valence-electron chi connectivity index (χ4n) is 4.26. The fourth-order valence-corrected chi connectivity index (χ4v) is 4.26. The zero-order valence-corrected chi connectivity index (χ0v) is 20.3. The number of nitrogens with zero attached hydrogens (tertiary/aromatic N) is 4. The van der Waals surface area contributed by atoms with Crippen LogP contribution in [0.15, 0.2) is 88.1 Å². The SMILES string of the molecule is Cc1ccc(CNC(=O)c2ccc(Cn3nc(N4CCN(c5ccccc5)CC4)ccc3=O)o2)cc1. The summed E-state index contributed by atoms with van der Waals surface area (Å²) in [6.07, 6.45) is 0. The summed E-state index contributed by atoms with van der Waals surface area (Å²) in [7, 11) is 0. The first-order valence-electron chi connectivity index (χ1n) is 12.1. The van der Waals surface area contributed by atoms with Crippen molar-refractivity contribution in [1.29, 1.82) is 0 Å². The van der Waals surface area contributed by atoms with Crippen LogP contribution in [0, 0.1) is 6.92 Å². The number of para-hydroxylation sites is 1. The molecule has 1 aliphatic rings. The van der Waals surface area contributed by atoms with E-state index in [1.54, 1.807) is 18.2 Å². The van der Waals surface area contributed by atoms with Crippen molar-refractivity contribution in [3.8, 4) is 0 Å². The van der Waals surface area contributed by atoms with Crippen molar-refractivity contribution < 1.29 is 9.21 Å². The second kappa shape index (κ2) is 10.5. The maximum Gasteiger partial charge on any atom is 0.287 e. The third-order valence-electron chi connectivity index (χ3n) is 6.34. The summed E-state index contributed by atoms with van der Waals surface area (Å²) in [5, 5.41) is 7.44. The number of hydrogen-bond acceptors (Lipinski definition) is 6. The molecule has 0 aliphatic carbocycles. The molecule has 0 radical (unpaired) electrons. The van der Waals surface area contributed by atoms with Gasteiger partial charge in [0.05, 0.1) is 0 Å². The van der Waals surface area contributed by atoms with Crippen LogP contribution in [-0.2, 0) is 13.1 Å². The highest BCUT2D eigenvalue weighted by Crippen LogP contribution is 2.18. The molecule has 36 heavy (non-hydrogen) atoms.